The summed E-state index contributed by atoms with van der Waals surface area (Å²) in [5, 5.41) is 3.24. The van der Waals surface area contributed by atoms with E-state index in [9.17, 15) is 12.8 Å². The van der Waals surface area contributed by atoms with Gasteiger partial charge in [-0.05, 0) is 41.3 Å². The fourth-order valence-corrected chi connectivity index (χ4v) is 4.03. The second-order valence-electron chi connectivity index (χ2n) is 6.82. The number of hydrogen-bond donors (Lipinski definition) is 2. The molecule has 3 aromatic rings. The summed E-state index contributed by atoms with van der Waals surface area (Å²) in [6.45, 7) is 0.730. The lowest BCUT2D eigenvalue weighted by molar-refractivity contribution is 0.587. The Morgan fingerprint density at radius 1 is 0.931 bits per heavy atom. The van der Waals surface area contributed by atoms with Gasteiger partial charge in [0.1, 0.15) is 5.82 Å². The van der Waals surface area contributed by atoms with Gasteiger partial charge in [0.2, 0.25) is 10.0 Å². The van der Waals surface area contributed by atoms with Crippen LogP contribution in [0, 0.1) is 5.82 Å². The van der Waals surface area contributed by atoms with Gasteiger partial charge in [0.25, 0.3) is 0 Å². The maximum Gasteiger partial charge on any atom is 0.229 e. The van der Waals surface area contributed by atoms with Gasteiger partial charge in [-0.15, -0.1) is 0 Å². The molecule has 3 rings (SSSR count). The van der Waals surface area contributed by atoms with Crippen LogP contribution in [0.3, 0.4) is 0 Å². The zero-order valence-electron chi connectivity index (χ0n) is 16.0. The Labute approximate surface area is 179 Å². The van der Waals surface area contributed by atoms with Crippen LogP contribution in [-0.2, 0) is 29.5 Å². The highest BCUT2D eigenvalue weighted by Crippen LogP contribution is 2.24. The Morgan fingerprint density at radius 2 is 1.69 bits per heavy atom. The summed E-state index contributed by atoms with van der Waals surface area (Å²) in [4.78, 5) is 0. The molecule has 0 atom stereocenters. The van der Waals surface area contributed by atoms with E-state index in [1.807, 2.05) is 42.5 Å². The van der Waals surface area contributed by atoms with E-state index < -0.39 is 10.0 Å². The molecule has 2 N–H and O–H groups in total. The molecule has 0 fully saturated rings. The fraction of sp³-hybridized carbons (Fsp3) is 0.182. The van der Waals surface area contributed by atoms with Crippen molar-refractivity contribution in [2.24, 2.45) is 0 Å². The molecule has 0 bridgehead atoms. The van der Waals surface area contributed by atoms with E-state index in [4.69, 9.17) is 0 Å². The summed E-state index contributed by atoms with van der Waals surface area (Å²) < 4.78 is 41.0. The van der Waals surface area contributed by atoms with Crippen molar-refractivity contribution in [2.45, 2.75) is 19.5 Å². The standard InChI is InChI=1S/C22H22BrFN2O2S/c1-29(27,28)26-22-9-5-8-17(12-16-6-3-2-4-7-16)20(22)15-25-14-18-10-11-19(23)13-21(18)24/h2-11,13,25-26H,12,14-15H2,1H3. The number of sulfonamides is 1. The molecule has 0 unspecified atom stereocenters. The van der Waals surface area contributed by atoms with Gasteiger partial charge in [-0.25, -0.2) is 12.8 Å². The minimum Gasteiger partial charge on any atom is -0.308 e. The average Bonchev–Trinajstić information content (AvgIpc) is 2.65. The summed E-state index contributed by atoms with van der Waals surface area (Å²) in [7, 11) is -3.42. The maximum absolute atomic E-state index is 14.1. The average molecular weight is 477 g/mol. The third-order valence-electron chi connectivity index (χ3n) is 4.44. The SMILES string of the molecule is CS(=O)(=O)Nc1cccc(Cc2ccccc2)c1CNCc1ccc(Br)cc1F. The van der Waals surface area contributed by atoms with Crippen LogP contribution >= 0.6 is 15.9 Å². The molecule has 0 amide bonds. The molecular formula is C22H22BrFN2O2S. The van der Waals surface area contributed by atoms with Gasteiger partial charge < -0.3 is 5.32 Å². The number of anilines is 1. The third-order valence-corrected chi connectivity index (χ3v) is 5.52. The molecule has 4 nitrogen and oxygen atoms in total. The predicted octanol–water partition coefficient (Wildman–Crippen LogP) is 4.84. The highest BCUT2D eigenvalue weighted by Gasteiger charge is 2.13. The van der Waals surface area contributed by atoms with Crippen LogP contribution in [0.4, 0.5) is 10.1 Å². The van der Waals surface area contributed by atoms with Crippen molar-refractivity contribution in [1.82, 2.24) is 5.32 Å². The van der Waals surface area contributed by atoms with Gasteiger partial charge in [-0.1, -0.05) is 64.5 Å². The first-order valence-corrected chi connectivity index (χ1v) is 11.8. The molecule has 0 saturated carbocycles. The van der Waals surface area contributed by atoms with Crippen molar-refractivity contribution >= 4 is 31.6 Å². The lowest BCUT2D eigenvalue weighted by atomic mass is 9.98. The second-order valence-corrected chi connectivity index (χ2v) is 9.48. The van der Waals surface area contributed by atoms with Crippen LogP contribution in [0.2, 0.25) is 0 Å². The zero-order chi connectivity index (χ0) is 20.9. The van der Waals surface area contributed by atoms with Crippen LogP contribution < -0.4 is 10.0 Å². The third kappa shape index (κ3) is 6.39. The summed E-state index contributed by atoms with van der Waals surface area (Å²) >= 11 is 3.25. The largest absolute Gasteiger partial charge is 0.308 e. The quantitative estimate of drug-likeness (QED) is 0.488. The molecule has 0 aliphatic rings. The Kier molecular flexibility index (Phi) is 7.05. The van der Waals surface area contributed by atoms with E-state index >= 15 is 0 Å². The lowest BCUT2D eigenvalue weighted by Gasteiger charge is -2.17. The molecule has 0 aliphatic heterocycles. The Bertz CT molecular complexity index is 1090. The normalized spacial score (nSPS) is 11.4. The van der Waals surface area contributed by atoms with Crippen LogP contribution in [0.15, 0.2) is 71.2 Å². The van der Waals surface area contributed by atoms with E-state index in [1.165, 1.54) is 6.07 Å². The van der Waals surface area contributed by atoms with Crippen molar-refractivity contribution in [3.63, 3.8) is 0 Å². The highest BCUT2D eigenvalue weighted by molar-refractivity contribution is 9.10. The Hall–Kier alpha value is -2.22. The molecule has 0 saturated heterocycles. The monoisotopic (exact) mass is 476 g/mol. The number of benzene rings is 3. The van der Waals surface area contributed by atoms with E-state index in [-0.39, 0.29) is 5.82 Å². The van der Waals surface area contributed by atoms with Crippen LogP contribution in [0.25, 0.3) is 0 Å². The number of rotatable bonds is 8. The smallest absolute Gasteiger partial charge is 0.229 e. The van der Waals surface area contributed by atoms with Crippen molar-refractivity contribution in [3.8, 4) is 0 Å². The summed E-state index contributed by atoms with van der Waals surface area (Å²) in [6.07, 6.45) is 1.80. The molecule has 0 heterocycles. The van der Waals surface area contributed by atoms with Crippen molar-refractivity contribution in [3.05, 3.63) is 99.3 Å². The van der Waals surface area contributed by atoms with Crippen molar-refractivity contribution in [2.75, 3.05) is 11.0 Å². The topological polar surface area (TPSA) is 58.2 Å². The summed E-state index contributed by atoms with van der Waals surface area (Å²) in [6, 6.07) is 20.5. The van der Waals surface area contributed by atoms with Gasteiger partial charge in [0.15, 0.2) is 0 Å². The zero-order valence-corrected chi connectivity index (χ0v) is 18.4. The molecule has 152 valence electrons. The Balaban J connectivity index is 1.84. The van der Waals surface area contributed by atoms with Gasteiger partial charge in [-0.3, -0.25) is 4.72 Å². The van der Waals surface area contributed by atoms with Crippen molar-refractivity contribution in [1.29, 1.82) is 0 Å². The highest BCUT2D eigenvalue weighted by atomic mass is 79.9. The summed E-state index contributed by atoms with van der Waals surface area (Å²) in [5.41, 5.74) is 4.06. The minimum atomic E-state index is -3.42. The molecule has 0 spiro atoms. The predicted molar refractivity (Wildman–Crippen MR) is 119 cm³/mol. The number of halogens is 2. The van der Waals surface area contributed by atoms with Gasteiger partial charge in [0, 0.05) is 23.1 Å². The fourth-order valence-electron chi connectivity index (χ4n) is 3.11. The molecule has 29 heavy (non-hydrogen) atoms. The summed E-state index contributed by atoms with van der Waals surface area (Å²) in [5.74, 6) is -0.293. The van der Waals surface area contributed by atoms with E-state index in [0.29, 0.717) is 35.2 Å². The maximum atomic E-state index is 14.1. The first-order chi connectivity index (χ1) is 13.8. The van der Waals surface area contributed by atoms with Crippen molar-refractivity contribution < 1.29 is 12.8 Å². The molecule has 0 aromatic heterocycles. The lowest BCUT2D eigenvalue weighted by Crippen LogP contribution is -2.18. The van der Waals surface area contributed by atoms with Gasteiger partial charge >= 0.3 is 0 Å². The van der Waals surface area contributed by atoms with Crippen LogP contribution in [-0.4, -0.2) is 14.7 Å². The van der Waals surface area contributed by atoms with Crippen LogP contribution in [0.5, 0.6) is 0 Å². The molecule has 0 radical (unpaired) electrons. The Morgan fingerprint density at radius 3 is 2.38 bits per heavy atom. The number of hydrogen-bond acceptors (Lipinski definition) is 3. The van der Waals surface area contributed by atoms with Gasteiger partial charge in [0.05, 0.1) is 11.9 Å². The molecular weight excluding hydrogens is 455 g/mol. The first-order valence-electron chi connectivity index (χ1n) is 9.09. The number of nitrogens with one attached hydrogen (secondary N) is 2. The minimum absolute atomic E-state index is 0.293. The second kappa shape index (κ2) is 9.52. The van der Waals surface area contributed by atoms with Crippen LogP contribution in [0.1, 0.15) is 22.3 Å². The van der Waals surface area contributed by atoms with E-state index in [0.717, 1.165) is 22.9 Å². The van der Waals surface area contributed by atoms with E-state index in [2.05, 4.69) is 26.0 Å². The molecule has 7 heteroatoms. The molecule has 0 aliphatic carbocycles. The van der Waals surface area contributed by atoms with E-state index in [1.54, 1.807) is 18.2 Å². The first kappa shape index (κ1) is 21.5. The molecule has 3 aromatic carbocycles. The van der Waals surface area contributed by atoms with Gasteiger partial charge in [-0.2, -0.15) is 0 Å².